The summed E-state index contributed by atoms with van der Waals surface area (Å²) in [4.78, 5) is 25.3. The molecule has 0 bridgehead atoms. The lowest BCUT2D eigenvalue weighted by Gasteiger charge is -2.14. The van der Waals surface area contributed by atoms with Crippen molar-refractivity contribution in [1.29, 1.82) is 0 Å². The van der Waals surface area contributed by atoms with Crippen LogP contribution in [0.4, 0.5) is 18.0 Å². The summed E-state index contributed by atoms with van der Waals surface area (Å²) in [7, 11) is 0. The molecule has 0 saturated heterocycles. The number of pyridine rings is 1. The first-order chi connectivity index (χ1) is 15.3. The van der Waals surface area contributed by atoms with Crippen LogP contribution >= 0.6 is 0 Å². The molecular formula is C24H17F3N2O3. The summed E-state index contributed by atoms with van der Waals surface area (Å²) in [5, 5.41) is 2.45. The second-order valence-electron chi connectivity index (χ2n) is 7.11. The van der Waals surface area contributed by atoms with Crippen molar-refractivity contribution in [2.75, 3.05) is 13.2 Å². The van der Waals surface area contributed by atoms with Gasteiger partial charge in [0.25, 0.3) is 5.56 Å². The second-order valence-corrected chi connectivity index (χ2v) is 7.11. The third-order valence-electron chi connectivity index (χ3n) is 5.11. The molecule has 8 heteroatoms. The second kappa shape index (κ2) is 8.63. The number of carbonyl (C=O) groups is 1. The minimum absolute atomic E-state index is 0.0220. The van der Waals surface area contributed by atoms with Crippen molar-refractivity contribution in [3.05, 3.63) is 93.4 Å². The number of alkyl carbamates (subject to hydrolysis) is 1. The SMILES string of the molecule is O=C(NCC#Cc1c[nH]c(=O)c(C(F)(F)F)c1)OCC1c2ccccc2-c2ccccc21. The van der Waals surface area contributed by atoms with Gasteiger partial charge in [0.2, 0.25) is 0 Å². The summed E-state index contributed by atoms with van der Waals surface area (Å²) in [6, 6.07) is 16.5. The molecule has 0 unspecified atom stereocenters. The first kappa shape index (κ1) is 21.2. The third-order valence-corrected chi connectivity index (χ3v) is 5.11. The zero-order valence-electron chi connectivity index (χ0n) is 16.6. The molecule has 5 nitrogen and oxygen atoms in total. The lowest BCUT2D eigenvalue weighted by atomic mass is 9.98. The van der Waals surface area contributed by atoms with Crippen molar-refractivity contribution >= 4 is 6.09 Å². The molecule has 1 aliphatic rings. The molecule has 0 fully saturated rings. The Morgan fingerprint density at radius 2 is 1.69 bits per heavy atom. The predicted octanol–water partition coefficient (Wildman–Crippen LogP) is 4.28. The van der Waals surface area contributed by atoms with Crippen LogP contribution in [-0.4, -0.2) is 24.2 Å². The topological polar surface area (TPSA) is 71.2 Å². The summed E-state index contributed by atoms with van der Waals surface area (Å²) in [6.45, 7) is 0.0132. The molecule has 2 aromatic carbocycles. The minimum atomic E-state index is -4.77. The Morgan fingerprint density at radius 1 is 1.06 bits per heavy atom. The van der Waals surface area contributed by atoms with Crippen molar-refractivity contribution in [3.63, 3.8) is 0 Å². The Bertz CT molecular complexity index is 1240. The standard InChI is InChI=1S/C24H17F3N2O3/c25-24(26,27)21-12-15(13-29-22(21)30)6-5-11-28-23(31)32-14-20-18-9-3-1-7-16(18)17-8-2-4-10-19(17)20/h1-4,7-10,12-13,20H,11,14H2,(H,28,31)(H,29,30). The number of aromatic nitrogens is 1. The summed E-state index contributed by atoms with van der Waals surface area (Å²) < 4.78 is 43.7. The van der Waals surface area contributed by atoms with E-state index >= 15 is 0 Å². The molecule has 0 atom stereocenters. The normalized spacial score (nSPS) is 12.3. The van der Waals surface area contributed by atoms with E-state index in [1.165, 1.54) is 0 Å². The Kier molecular flexibility index (Phi) is 5.73. The van der Waals surface area contributed by atoms with Crippen molar-refractivity contribution in [3.8, 4) is 23.0 Å². The number of ether oxygens (including phenoxy) is 1. The lowest BCUT2D eigenvalue weighted by Crippen LogP contribution is -2.26. The fraction of sp³-hybridized carbons (Fsp3) is 0.167. The van der Waals surface area contributed by atoms with Gasteiger partial charge in [0.1, 0.15) is 12.2 Å². The van der Waals surface area contributed by atoms with Crippen molar-refractivity contribution < 1.29 is 22.7 Å². The van der Waals surface area contributed by atoms with E-state index in [0.717, 1.165) is 28.5 Å². The maximum atomic E-state index is 12.8. The van der Waals surface area contributed by atoms with Gasteiger partial charge in [-0.3, -0.25) is 4.79 Å². The van der Waals surface area contributed by atoms with Gasteiger partial charge in [-0.05, 0) is 28.3 Å². The summed E-state index contributed by atoms with van der Waals surface area (Å²) in [5.74, 6) is 4.93. The Hall–Kier alpha value is -3.99. The number of halogens is 3. The quantitative estimate of drug-likeness (QED) is 0.600. The van der Waals surface area contributed by atoms with Gasteiger partial charge in [0, 0.05) is 17.7 Å². The molecule has 162 valence electrons. The molecule has 1 aliphatic carbocycles. The highest BCUT2D eigenvalue weighted by atomic mass is 19.4. The number of rotatable bonds is 3. The molecular weight excluding hydrogens is 421 g/mol. The van der Waals surface area contributed by atoms with E-state index in [-0.39, 0.29) is 24.6 Å². The third kappa shape index (κ3) is 4.37. The van der Waals surface area contributed by atoms with Crippen LogP contribution in [0.1, 0.15) is 28.2 Å². The molecule has 1 amide bonds. The number of amides is 1. The van der Waals surface area contributed by atoms with E-state index in [1.54, 1.807) is 0 Å². The molecule has 1 heterocycles. The number of H-pyrrole nitrogens is 1. The Labute approximate surface area is 181 Å². The number of hydrogen-bond donors (Lipinski definition) is 2. The minimum Gasteiger partial charge on any atom is -0.449 e. The van der Waals surface area contributed by atoms with Crippen LogP contribution < -0.4 is 10.9 Å². The first-order valence-corrected chi connectivity index (χ1v) is 9.72. The van der Waals surface area contributed by atoms with Crippen LogP contribution in [0.2, 0.25) is 0 Å². The molecule has 1 aromatic heterocycles. The largest absolute Gasteiger partial charge is 0.449 e. The van der Waals surface area contributed by atoms with Gasteiger partial charge >= 0.3 is 12.3 Å². The highest BCUT2D eigenvalue weighted by molar-refractivity contribution is 5.79. The molecule has 0 aliphatic heterocycles. The van der Waals surface area contributed by atoms with Gasteiger partial charge < -0.3 is 15.0 Å². The van der Waals surface area contributed by atoms with Crippen LogP contribution in [0.25, 0.3) is 11.1 Å². The van der Waals surface area contributed by atoms with Crippen molar-refractivity contribution in [2.24, 2.45) is 0 Å². The summed E-state index contributed by atoms with van der Waals surface area (Å²) in [6.07, 6.45) is -4.37. The fourth-order valence-electron chi connectivity index (χ4n) is 3.68. The maximum Gasteiger partial charge on any atom is 0.421 e. The van der Waals surface area contributed by atoms with Crippen LogP contribution in [0.3, 0.4) is 0 Å². The van der Waals surface area contributed by atoms with E-state index < -0.39 is 23.4 Å². The van der Waals surface area contributed by atoms with Gasteiger partial charge in [0.05, 0.1) is 6.54 Å². The van der Waals surface area contributed by atoms with Crippen LogP contribution in [0.5, 0.6) is 0 Å². The molecule has 0 spiro atoms. The monoisotopic (exact) mass is 438 g/mol. The summed E-state index contributed by atoms with van der Waals surface area (Å²) >= 11 is 0. The Balaban J connectivity index is 1.35. The van der Waals surface area contributed by atoms with Gasteiger partial charge in [-0.2, -0.15) is 13.2 Å². The molecule has 0 radical (unpaired) electrons. The van der Waals surface area contributed by atoms with E-state index in [0.29, 0.717) is 6.07 Å². The van der Waals surface area contributed by atoms with Crippen molar-refractivity contribution in [1.82, 2.24) is 10.3 Å². The first-order valence-electron chi connectivity index (χ1n) is 9.72. The van der Waals surface area contributed by atoms with Gasteiger partial charge in [-0.25, -0.2) is 4.79 Å². The van der Waals surface area contributed by atoms with E-state index in [1.807, 2.05) is 53.5 Å². The summed E-state index contributed by atoms with van der Waals surface area (Å²) in [5.41, 5.74) is 1.81. The average molecular weight is 438 g/mol. The number of carbonyl (C=O) groups excluding carboxylic acids is 1. The van der Waals surface area contributed by atoms with E-state index in [2.05, 4.69) is 17.2 Å². The number of nitrogens with one attached hydrogen (secondary N) is 2. The number of benzene rings is 2. The van der Waals surface area contributed by atoms with Crippen LogP contribution in [-0.2, 0) is 10.9 Å². The molecule has 0 saturated carbocycles. The number of aromatic amines is 1. The molecule has 32 heavy (non-hydrogen) atoms. The number of alkyl halides is 3. The van der Waals surface area contributed by atoms with Gasteiger partial charge in [0.15, 0.2) is 0 Å². The fourth-order valence-corrected chi connectivity index (χ4v) is 3.68. The highest BCUT2D eigenvalue weighted by Crippen LogP contribution is 2.44. The zero-order valence-corrected chi connectivity index (χ0v) is 16.6. The van der Waals surface area contributed by atoms with E-state index in [4.69, 9.17) is 4.74 Å². The van der Waals surface area contributed by atoms with E-state index in [9.17, 15) is 22.8 Å². The number of fused-ring (bicyclic) bond motifs is 3. The van der Waals surface area contributed by atoms with Crippen LogP contribution in [0.15, 0.2) is 65.6 Å². The maximum absolute atomic E-state index is 12.8. The molecule has 3 aromatic rings. The zero-order chi connectivity index (χ0) is 22.7. The smallest absolute Gasteiger partial charge is 0.421 e. The molecule has 2 N–H and O–H groups in total. The highest BCUT2D eigenvalue weighted by Gasteiger charge is 2.34. The van der Waals surface area contributed by atoms with Gasteiger partial charge in [-0.1, -0.05) is 60.4 Å². The number of hydrogen-bond acceptors (Lipinski definition) is 3. The average Bonchev–Trinajstić information content (AvgIpc) is 3.09. The van der Waals surface area contributed by atoms with Crippen molar-refractivity contribution in [2.45, 2.75) is 12.1 Å². The lowest BCUT2D eigenvalue weighted by molar-refractivity contribution is -0.138. The van der Waals surface area contributed by atoms with Crippen LogP contribution in [0, 0.1) is 11.8 Å². The Morgan fingerprint density at radius 3 is 2.31 bits per heavy atom. The molecule has 4 rings (SSSR count). The van der Waals surface area contributed by atoms with Gasteiger partial charge in [-0.15, -0.1) is 0 Å². The predicted molar refractivity (Wildman–Crippen MR) is 112 cm³/mol.